The van der Waals surface area contributed by atoms with E-state index in [1.54, 1.807) is 0 Å². The van der Waals surface area contributed by atoms with Gasteiger partial charge in [-0.05, 0) is 21.7 Å². The van der Waals surface area contributed by atoms with E-state index in [-0.39, 0.29) is 11.6 Å². The molecule has 0 saturated heterocycles. The van der Waals surface area contributed by atoms with E-state index in [0.29, 0.717) is 0 Å². The Hall–Kier alpha value is -1.68. The third kappa shape index (κ3) is 3.44. The average molecular weight is 369 g/mol. The highest BCUT2D eigenvalue weighted by atomic mass is 28.3. The van der Waals surface area contributed by atoms with Gasteiger partial charge in [-0.1, -0.05) is 101 Å². The quantitative estimate of drug-likeness (QED) is 0.684. The van der Waals surface area contributed by atoms with E-state index < -0.39 is 19.2 Å². The molecule has 2 aromatic rings. The molecule has 2 nitrogen and oxygen atoms in total. The summed E-state index contributed by atoms with van der Waals surface area (Å²) in [7, 11) is -2.34. The number of rotatable bonds is 6. The second-order valence-electron chi connectivity index (χ2n) is 8.63. The number of aliphatic hydroxyl groups is 2. The van der Waals surface area contributed by atoms with Gasteiger partial charge in [-0.2, -0.15) is 0 Å². The molecule has 3 heteroatoms. The van der Waals surface area contributed by atoms with Gasteiger partial charge in [0.15, 0.2) is 0 Å². The highest BCUT2D eigenvalue weighted by Gasteiger charge is 2.57. The summed E-state index contributed by atoms with van der Waals surface area (Å²) in [5, 5.41) is 21.5. The van der Waals surface area contributed by atoms with Gasteiger partial charge in [0.05, 0.1) is 19.9 Å². The van der Waals surface area contributed by atoms with Crippen molar-refractivity contribution in [1.29, 1.82) is 0 Å². The first kappa shape index (κ1) is 20.6. The molecule has 2 aromatic carbocycles. The minimum Gasteiger partial charge on any atom is -0.396 e. The summed E-state index contributed by atoms with van der Waals surface area (Å²) in [5.41, 5.74) is 2.60. The summed E-state index contributed by atoms with van der Waals surface area (Å²) >= 11 is 0. The summed E-state index contributed by atoms with van der Waals surface area (Å²) in [6.07, 6.45) is 0. The molecule has 2 N–H and O–H groups in total. The van der Waals surface area contributed by atoms with Gasteiger partial charge in [-0.3, -0.25) is 0 Å². The highest BCUT2D eigenvalue weighted by molar-refractivity contribution is 6.82. The topological polar surface area (TPSA) is 40.5 Å². The second kappa shape index (κ2) is 7.51. The fourth-order valence-corrected chi connectivity index (χ4v) is 6.78. The molecule has 0 saturated carbocycles. The van der Waals surface area contributed by atoms with Crippen LogP contribution in [0.1, 0.15) is 31.9 Å². The number of aliphatic hydroxyl groups excluding tert-OH is 1. The lowest BCUT2D eigenvalue weighted by molar-refractivity contribution is 0.0408. The van der Waals surface area contributed by atoms with Crippen LogP contribution in [0.15, 0.2) is 67.2 Å². The van der Waals surface area contributed by atoms with Crippen molar-refractivity contribution in [1.82, 2.24) is 0 Å². The Kier molecular flexibility index (Phi) is 5.96. The van der Waals surface area contributed by atoms with Gasteiger partial charge in [-0.25, -0.2) is 0 Å². The summed E-state index contributed by atoms with van der Waals surface area (Å²) in [4.78, 5) is 0. The van der Waals surface area contributed by atoms with Crippen molar-refractivity contribution in [2.45, 2.75) is 44.1 Å². The maximum absolute atomic E-state index is 12.3. The van der Waals surface area contributed by atoms with Crippen LogP contribution in [0.4, 0.5) is 0 Å². The Bertz CT molecular complexity index is 732. The fourth-order valence-electron chi connectivity index (χ4n) is 3.61. The first-order valence-electron chi connectivity index (χ1n) is 9.20. The zero-order chi connectivity index (χ0) is 19.6. The predicted octanol–water partition coefficient (Wildman–Crippen LogP) is 5.24. The molecule has 0 radical (unpaired) electrons. The average Bonchev–Trinajstić information content (AvgIpc) is 2.62. The maximum Gasteiger partial charge on any atom is 0.0970 e. The number of benzene rings is 2. The van der Waals surface area contributed by atoms with Gasteiger partial charge < -0.3 is 10.2 Å². The lowest BCUT2D eigenvalue weighted by atomic mass is 9.85. The first-order chi connectivity index (χ1) is 12.1. The highest BCUT2D eigenvalue weighted by Crippen LogP contribution is 2.52. The predicted molar refractivity (Wildman–Crippen MR) is 114 cm³/mol. The van der Waals surface area contributed by atoms with Gasteiger partial charge in [0.25, 0.3) is 0 Å². The summed E-state index contributed by atoms with van der Waals surface area (Å²) in [5.74, 6) is -0.465. The van der Waals surface area contributed by atoms with Crippen molar-refractivity contribution >= 4 is 13.6 Å². The molecule has 0 spiro atoms. The van der Waals surface area contributed by atoms with Crippen LogP contribution in [0.25, 0.3) is 5.57 Å². The second-order valence-corrected chi connectivity index (χ2v) is 14.1. The molecular formula is C23H32O2Si. The van der Waals surface area contributed by atoms with Crippen LogP contribution in [0.2, 0.25) is 18.1 Å². The molecule has 0 aliphatic carbocycles. The molecule has 0 fully saturated rings. The van der Waals surface area contributed by atoms with Crippen LogP contribution in [0.5, 0.6) is 0 Å². The largest absolute Gasteiger partial charge is 0.396 e. The fraction of sp³-hybridized carbons (Fsp3) is 0.391. The summed E-state index contributed by atoms with van der Waals surface area (Å²) < 4.78 is 0. The third-order valence-electron chi connectivity index (χ3n) is 6.29. The maximum atomic E-state index is 12.3. The van der Waals surface area contributed by atoms with Crippen LogP contribution >= 0.6 is 0 Å². The van der Waals surface area contributed by atoms with Crippen molar-refractivity contribution < 1.29 is 10.2 Å². The monoisotopic (exact) mass is 368 g/mol. The Balaban J connectivity index is 2.69. The minimum atomic E-state index is -2.34. The van der Waals surface area contributed by atoms with Crippen LogP contribution in [-0.4, -0.2) is 24.9 Å². The lowest BCUT2D eigenvalue weighted by Gasteiger charge is -2.53. The van der Waals surface area contributed by atoms with Gasteiger partial charge >= 0.3 is 0 Å². The third-order valence-corrected chi connectivity index (χ3v) is 12.6. The molecule has 0 amide bonds. The zero-order valence-corrected chi connectivity index (χ0v) is 17.7. The van der Waals surface area contributed by atoms with E-state index in [0.717, 1.165) is 16.7 Å². The smallest absolute Gasteiger partial charge is 0.0970 e. The van der Waals surface area contributed by atoms with Crippen molar-refractivity contribution in [2.75, 3.05) is 6.61 Å². The number of hydrogen-bond donors (Lipinski definition) is 2. The lowest BCUT2D eigenvalue weighted by Crippen LogP contribution is -2.62. The molecular weight excluding hydrogens is 336 g/mol. The Morgan fingerprint density at radius 1 is 0.962 bits per heavy atom. The molecule has 0 aliphatic heterocycles. The Morgan fingerprint density at radius 2 is 1.42 bits per heavy atom. The Morgan fingerprint density at radius 3 is 1.85 bits per heavy atom. The molecule has 0 heterocycles. The van der Waals surface area contributed by atoms with Crippen molar-refractivity contribution in [3.05, 3.63) is 78.4 Å². The van der Waals surface area contributed by atoms with Crippen LogP contribution in [0.3, 0.4) is 0 Å². The molecule has 0 bridgehead atoms. The number of hydrogen-bond acceptors (Lipinski definition) is 2. The first-order valence-corrected chi connectivity index (χ1v) is 12.2. The van der Waals surface area contributed by atoms with Gasteiger partial charge in [-0.15, -0.1) is 0 Å². The van der Waals surface area contributed by atoms with Crippen molar-refractivity contribution in [2.24, 2.45) is 5.92 Å². The molecule has 2 atom stereocenters. The van der Waals surface area contributed by atoms with E-state index in [4.69, 9.17) is 0 Å². The van der Waals surface area contributed by atoms with Gasteiger partial charge in [0.2, 0.25) is 0 Å². The minimum absolute atomic E-state index is 0.0675. The van der Waals surface area contributed by atoms with Crippen LogP contribution in [0, 0.1) is 5.92 Å². The summed E-state index contributed by atoms with van der Waals surface area (Å²) in [6, 6.07) is 19.7. The molecule has 0 aromatic heterocycles. The normalized spacial score (nSPS) is 16.0. The van der Waals surface area contributed by atoms with Crippen molar-refractivity contribution in [3.63, 3.8) is 0 Å². The zero-order valence-electron chi connectivity index (χ0n) is 16.7. The van der Waals surface area contributed by atoms with Gasteiger partial charge in [0, 0.05) is 5.92 Å². The SMILES string of the molecule is C=C(c1ccccc1)[C@H](CO)[C@](O)(c1ccccc1)[Si](C)(C)C(C)(C)C. The van der Waals surface area contributed by atoms with E-state index in [1.807, 2.05) is 60.7 Å². The molecule has 140 valence electrons. The standard InChI is InChI=1S/C23H32O2Si/c1-18(19-13-9-7-10-14-19)21(17-24)23(25,20-15-11-8-12-16-20)26(5,6)22(2,3)4/h7-16,21,24-25H,1,17H2,2-6H3/t21-,23-/m0/s1. The Labute approximate surface area is 159 Å². The van der Waals surface area contributed by atoms with Crippen LogP contribution in [-0.2, 0) is 5.22 Å². The summed E-state index contributed by atoms with van der Waals surface area (Å²) in [6.45, 7) is 15.1. The molecule has 0 aliphatic rings. The van der Waals surface area contributed by atoms with Crippen molar-refractivity contribution in [3.8, 4) is 0 Å². The molecule has 26 heavy (non-hydrogen) atoms. The van der Waals surface area contributed by atoms with E-state index in [2.05, 4.69) is 40.4 Å². The molecule has 2 rings (SSSR count). The van der Waals surface area contributed by atoms with E-state index >= 15 is 0 Å². The van der Waals surface area contributed by atoms with E-state index in [9.17, 15) is 10.2 Å². The van der Waals surface area contributed by atoms with Crippen LogP contribution < -0.4 is 0 Å². The molecule has 0 unspecified atom stereocenters. The van der Waals surface area contributed by atoms with Gasteiger partial charge in [0.1, 0.15) is 0 Å². The van der Waals surface area contributed by atoms with E-state index in [1.165, 1.54) is 0 Å².